The van der Waals surface area contributed by atoms with Gasteiger partial charge in [0.25, 0.3) is 0 Å². The second-order valence-corrected chi connectivity index (χ2v) is 4.46. The number of benzene rings is 1. The molecule has 106 valence electrons. The Labute approximate surface area is 114 Å². The molecule has 1 aromatic carbocycles. The fourth-order valence-electron chi connectivity index (χ4n) is 1.55. The van der Waals surface area contributed by atoms with Crippen LogP contribution in [-0.4, -0.2) is 12.6 Å². The van der Waals surface area contributed by atoms with Gasteiger partial charge in [-0.3, -0.25) is 4.79 Å². The molecule has 0 fully saturated rings. The normalized spacial score (nSPS) is 13.1. The van der Waals surface area contributed by atoms with E-state index in [0.717, 1.165) is 12.1 Å². The van der Waals surface area contributed by atoms with Crippen molar-refractivity contribution in [3.63, 3.8) is 0 Å². The second kappa shape index (κ2) is 6.80. The largest absolute Gasteiger partial charge is 0.466 e. The Morgan fingerprint density at radius 2 is 2.11 bits per heavy atom. The number of rotatable bonds is 5. The first-order valence-electron chi connectivity index (χ1n) is 5.81. The van der Waals surface area contributed by atoms with Crippen LogP contribution in [0.15, 0.2) is 24.3 Å². The van der Waals surface area contributed by atoms with Crippen molar-refractivity contribution in [3.8, 4) is 0 Å². The lowest BCUT2D eigenvalue weighted by molar-refractivity contribution is -0.143. The van der Waals surface area contributed by atoms with Crippen molar-refractivity contribution in [3.05, 3.63) is 35.4 Å². The Hall–Kier alpha value is -1.23. The first-order chi connectivity index (χ1) is 8.84. The van der Waals surface area contributed by atoms with Crippen LogP contribution in [0.25, 0.3) is 0 Å². The highest BCUT2D eigenvalue weighted by Crippen LogP contribution is 2.33. The number of halogens is 4. The molecule has 1 unspecified atom stereocenters. The first-order valence-corrected chi connectivity index (χ1v) is 6.25. The molecular weight excluding hydrogens is 281 g/mol. The third-order valence-electron chi connectivity index (χ3n) is 2.48. The summed E-state index contributed by atoms with van der Waals surface area (Å²) in [5.41, 5.74) is -0.396. The standard InChI is InChI=1S/C13H14ClF3O2/c1-2-19-12(18)7-6-11(14)9-4-3-5-10(8-9)13(15,16)17/h3-5,8,11H,2,6-7H2,1H3. The molecule has 0 bridgehead atoms. The van der Waals surface area contributed by atoms with Gasteiger partial charge in [-0.1, -0.05) is 18.2 Å². The fourth-order valence-corrected chi connectivity index (χ4v) is 1.80. The number of alkyl halides is 4. The number of ether oxygens (including phenoxy) is 1. The highest BCUT2D eigenvalue weighted by molar-refractivity contribution is 6.20. The van der Waals surface area contributed by atoms with Crippen molar-refractivity contribution in [2.45, 2.75) is 31.3 Å². The van der Waals surface area contributed by atoms with E-state index in [2.05, 4.69) is 0 Å². The smallest absolute Gasteiger partial charge is 0.416 e. The second-order valence-electron chi connectivity index (χ2n) is 3.93. The summed E-state index contributed by atoms with van der Waals surface area (Å²) in [4.78, 5) is 11.1. The van der Waals surface area contributed by atoms with Crippen LogP contribution in [0.3, 0.4) is 0 Å². The van der Waals surface area contributed by atoms with Crippen molar-refractivity contribution in [1.29, 1.82) is 0 Å². The van der Waals surface area contributed by atoms with Crippen molar-refractivity contribution in [2.75, 3.05) is 6.61 Å². The van der Waals surface area contributed by atoms with E-state index in [1.807, 2.05) is 0 Å². The molecule has 0 radical (unpaired) electrons. The van der Waals surface area contributed by atoms with E-state index in [1.54, 1.807) is 6.92 Å². The van der Waals surface area contributed by atoms with Gasteiger partial charge in [-0.2, -0.15) is 13.2 Å². The van der Waals surface area contributed by atoms with Gasteiger partial charge in [0.05, 0.1) is 17.5 Å². The van der Waals surface area contributed by atoms with Gasteiger partial charge in [-0.25, -0.2) is 0 Å². The summed E-state index contributed by atoms with van der Waals surface area (Å²) in [6.07, 6.45) is -4.08. The summed E-state index contributed by atoms with van der Waals surface area (Å²) in [6.45, 7) is 1.96. The Balaban J connectivity index is 2.67. The zero-order valence-electron chi connectivity index (χ0n) is 10.3. The molecule has 0 aliphatic heterocycles. The molecule has 6 heteroatoms. The summed E-state index contributed by atoms with van der Waals surface area (Å²) in [5, 5.41) is -0.647. The van der Waals surface area contributed by atoms with Crippen LogP contribution in [0.2, 0.25) is 0 Å². The minimum absolute atomic E-state index is 0.0816. The van der Waals surface area contributed by atoms with Gasteiger partial charge in [0.15, 0.2) is 0 Å². The maximum absolute atomic E-state index is 12.5. The van der Waals surface area contributed by atoms with Crippen molar-refractivity contribution < 1.29 is 22.7 Å². The molecule has 0 spiro atoms. The highest BCUT2D eigenvalue weighted by Gasteiger charge is 2.30. The highest BCUT2D eigenvalue weighted by atomic mass is 35.5. The van der Waals surface area contributed by atoms with E-state index in [1.165, 1.54) is 12.1 Å². The molecule has 0 aliphatic carbocycles. The molecule has 0 aliphatic rings. The number of esters is 1. The molecule has 0 aromatic heterocycles. The van der Waals surface area contributed by atoms with Crippen LogP contribution >= 0.6 is 11.6 Å². The molecule has 1 rings (SSSR count). The van der Waals surface area contributed by atoms with Gasteiger partial charge < -0.3 is 4.74 Å². The SMILES string of the molecule is CCOC(=O)CCC(Cl)c1cccc(C(F)(F)F)c1. The molecule has 1 aromatic rings. The molecule has 2 nitrogen and oxygen atoms in total. The average Bonchev–Trinajstić information content (AvgIpc) is 2.35. The Bertz CT molecular complexity index is 432. The summed E-state index contributed by atoms with van der Waals surface area (Å²) >= 11 is 6.00. The van der Waals surface area contributed by atoms with Crippen LogP contribution in [0.5, 0.6) is 0 Å². The van der Waals surface area contributed by atoms with E-state index >= 15 is 0 Å². The number of carbonyl (C=O) groups is 1. The summed E-state index contributed by atoms with van der Waals surface area (Å²) in [6, 6.07) is 4.80. The predicted octanol–water partition coefficient (Wildman–Crippen LogP) is 4.33. The topological polar surface area (TPSA) is 26.3 Å². The number of carbonyl (C=O) groups excluding carboxylic acids is 1. The molecule has 19 heavy (non-hydrogen) atoms. The van der Waals surface area contributed by atoms with Gasteiger partial charge in [-0.05, 0) is 25.0 Å². The maximum atomic E-state index is 12.5. The van der Waals surface area contributed by atoms with Gasteiger partial charge in [-0.15, -0.1) is 11.6 Å². The molecular formula is C13H14ClF3O2. The van der Waals surface area contributed by atoms with E-state index in [9.17, 15) is 18.0 Å². The molecule has 0 amide bonds. The van der Waals surface area contributed by atoms with E-state index in [-0.39, 0.29) is 19.4 Å². The van der Waals surface area contributed by atoms with Crippen molar-refractivity contribution >= 4 is 17.6 Å². The fraction of sp³-hybridized carbons (Fsp3) is 0.462. The summed E-state index contributed by atoms with van der Waals surface area (Å²) < 4.78 is 42.3. The van der Waals surface area contributed by atoms with Gasteiger partial charge in [0.1, 0.15) is 0 Å². The monoisotopic (exact) mass is 294 g/mol. The number of hydrogen-bond donors (Lipinski definition) is 0. The molecule has 0 saturated carbocycles. The average molecular weight is 295 g/mol. The third kappa shape index (κ3) is 5.11. The van der Waals surface area contributed by atoms with Crippen LogP contribution in [-0.2, 0) is 15.7 Å². The zero-order chi connectivity index (χ0) is 14.5. The first kappa shape index (κ1) is 15.8. The van der Waals surface area contributed by atoms with E-state index in [0.29, 0.717) is 5.56 Å². The van der Waals surface area contributed by atoms with Gasteiger partial charge in [0.2, 0.25) is 0 Å². The Morgan fingerprint density at radius 3 is 2.68 bits per heavy atom. The lowest BCUT2D eigenvalue weighted by Gasteiger charge is -2.12. The summed E-state index contributed by atoms with van der Waals surface area (Å²) in [7, 11) is 0. The van der Waals surface area contributed by atoms with Gasteiger partial charge >= 0.3 is 12.1 Å². The minimum Gasteiger partial charge on any atom is -0.466 e. The van der Waals surface area contributed by atoms with E-state index in [4.69, 9.17) is 16.3 Å². The lowest BCUT2D eigenvalue weighted by atomic mass is 10.0. The third-order valence-corrected chi connectivity index (χ3v) is 2.95. The predicted molar refractivity (Wildman–Crippen MR) is 65.9 cm³/mol. The molecule has 1 atom stereocenters. The Morgan fingerprint density at radius 1 is 1.42 bits per heavy atom. The van der Waals surface area contributed by atoms with Gasteiger partial charge in [0, 0.05) is 6.42 Å². The van der Waals surface area contributed by atoms with Crippen molar-refractivity contribution in [1.82, 2.24) is 0 Å². The maximum Gasteiger partial charge on any atom is 0.416 e. The summed E-state index contributed by atoms with van der Waals surface area (Å²) in [5.74, 6) is -0.403. The molecule has 0 N–H and O–H groups in total. The molecule has 0 heterocycles. The molecule has 0 saturated heterocycles. The van der Waals surface area contributed by atoms with Crippen molar-refractivity contribution in [2.24, 2.45) is 0 Å². The van der Waals surface area contributed by atoms with Crippen LogP contribution in [0.4, 0.5) is 13.2 Å². The minimum atomic E-state index is -4.40. The Kier molecular flexibility index (Phi) is 5.66. The number of hydrogen-bond acceptors (Lipinski definition) is 2. The van der Waals surface area contributed by atoms with Crippen LogP contribution in [0, 0.1) is 0 Å². The van der Waals surface area contributed by atoms with E-state index < -0.39 is 23.1 Å². The zero-order valence-corrected chi connectivity index (χ0v) is 11.1. The lowest BCUT2D eigenvalue weighted by Crippen LogP contribution is -2.07. The van der Waals surface area contributed by atoms with Crippen LogP contribution in [0.1, 0.15) is 36.3 Å². The quantitative estimate of drug-likeness (QED) is 0.597. The van der Waals surface area contributed by atoms with Crippen LogP contribution < -0.4 is 0 Å².